The van der Waals surface area contributed by atoms with Gasteiger partial charge in [0.1, 0.15) is 6.04 Å². The van der Waals surface area contributed by atoms with Crippen LogP contribution < -0.4 is 5.32 Å². The molecule has 0 bridgehead atoms. The number of thioether (sulfide) groups is 1. The first-order chi connectivity index (χ1) is 6.61. The minimum absolute atomic E-state index is 0.204. The molecule has 1 unspecified atom stereocenters. The van der Waals surface area contributed by atoms with Gasteiger partial charge in [0.2, 0.25) is 5.91 Å². The zero-order valence-corrected chi connectivity index (χ0v) is 9.65. The number of ether oxygens (including phenoxy) is 1. The zero-order valence-electron chi connectivity index (χ0n) is 8.83. The summed E-state index contributed by atoms with van der Waals surface area (Å²) in [5.41, 5.74) is 0. The van der Waals surface area contributed by atoms with Crippen molar-refractivity contribution in [3.8, 4) is 0 Å². The second kappa shape index (κ2) is 7.67. The number of carbonyl (C=O) groups is 2. The fourth-order valence-electron chi connectivity index (χ4n) is 0.973. The van der Waals surface area contributed by atoms with Crippen molar-refractivity contribution in [2.45, 2.75) is 26.3 Å². The molecule has 0 rings (SSSR count). The van der Waals surface area contributed by atoms with Gasteiger partial charge >= 0.3 is 5.97 Å². The van der Waals surface area contributed by atoms with E-state index in [1.54, 1.807) is 18.7 Å². The van der Waals surface area contributed by atoms with E-state index < -0.39 is 6.04 Å². The summed E-state index contributed by atoms with van der Waals surface area (Å²) in [6.45, 7) is 3.48. The Labute approximate surface area is 88.8 Å². The fourth-order valence-corrected chi connectivity index (χ4v) is 1.44. The number of nitrogens with one attached hydrogen (secondary N) is 1. The van der Waals surface area contributed by atoms with E-state index in [1.807, 2.05) is 6.26 Å². The Balaban J connectivity index is 4.08. The maximum absolute atomic E-state index is 11.3. The predicted molar refractivity (Wildman–Crippen MR) is 57.2 cm³/mol. The molecule has 1 N–H and O–H groups in total. The Bertz CT molecular complexity index is 196. The van der Waals surface area contributed by atoms with Gasteiger partial charge in [0.15, 0.2) is 0 Å². The van der Waals surface area contributed by atoms with Gasteiger partial charge in [0.05, 0.1) is 6.61 Å². The van der Waals surface area contributed by atoms with Crippen molar-refractivity contribution in [2.75, 3.05) is 18.6 Å². The third kappa shape index (κ3) is 5.85. The van der Waals surface area contributed by atoms with Crippen molar-refractivity contribution in [3.63, 3.8) is 0 Å². The van der Waals surface area contributed by atoms with Gasteiger partial charge in [0, 0.05) is 6.92 Å². The molecule has 0 aromatic heterocycles. The molecule has 0 aliphatic rings. The molecule has 0 aromatic carbocycles. The second-order valence-corrected chi connectivity index (χ2v) is 3.77. The van der Waals surface area contributed by atoms with E-state index in [9.17, 15) is 9.59 Å². The quantitative estimate of drug-likeness (QED) is 0.672. The van der Waals surface area contributed by atoms with Gasteiger partial charge in [-0.05, 0) is 25.4 Å². The first kappa shape index (κ1) is 13.3. The van der Waals surface area contributed by atoms with E-state index in [4.69, 9.17) is 4.74 Å². The number of rotatable bonds is 6. The summed E-state index contributed by atoms with van der Waals surface area (Å²) >= 11 is 1.63. The maximum atomic E-state index is 11.3. The molecule has 5 heteroatoms. The molecule has 0 heterocycles. The molecule has 0 spiro atoms. The third-order valence-electron chi connectivity index (χ3n) is 1.56. The zero-order chi connectivity index (χ0) is 11.0. The van der Waals surface area contributed by atoms with Crippen molar-refractivity contribution in [1.29, 1.82) is 0 Å². The largest absolute Gasteiger partial charge is 0.464 e. The lowest BCUT2D eigenvalue weighted by atomic mass is 10.2. The average molecular weight is 219 g/mol. The van der Waals surface area contributed by atoms with Gasteiger partial charge in [-0.15, -0.1) is 0 Å². The van der Waals surface area contributed by atoms with Crippen LogP contribution in [0, 0.1) is 0 Å². The van der Waals surface area contributed by atoms with Crippen LogP contribution in [0.25, 0.3) is 0 Å². The summed E-state index contributed by atoms with van der Waals surface area (Å²) in [6.07, 6.45) is 2.57. The SMILES string of the molecule is CCOC(=O)C(CCSC)NC(C)=O. The highest BCUT2D eigenvalue weighted by Crippen LogP contribution is 2.02. The van der Waals surface area contributed by atoms with Crippen molar-refractivity contribution < 1.29 is 14.3 Å². The van der Waals surface area contributed by atoms with Crippen molar-refractivity contribution in [3.05, 3.63) is 0 Å². The van der Waals surface area contributed by atoms with Crippen LogP contribution in [0.1, 0.15) is 20.3 Å². The molecule has 0 fully saturated rings. The average Bonchev–Trinajstić information content (AvgIpc) is 2.12. The maximum Gasteiger partial charge on any atom is 0.328 e. The van der Waals surface area contributed by atoms with E-state index in [-0.39, 0.29) is 11.9 Å². The monoisotopic (exact) mass is 219 g/mol. The summed E-state index contributed by atoms with van der Waals surface area (Å²) in [6, 6.07) is -0.500. The summed E-state index contributed by atoms with van der Waals surface area (Å²) in [5.74, 6) is 0.268. The Hall–Kier alpha value is -0.710. The number of esters is 1. The summed E-state index contributed by atoms with van der Waals surface area (Å²) in [7, 11) is 0. The second-order valence-electron chi connectivity index (χ2n) is 2.79. The van der Waals surface area contributed by atoms with Crippen LogP contribution in [0.15, 0.2) is 0 Å². The molecule has 14 heavy (non-hydrogen) atoms. The lowest BCUT2D eigenvalue weighted by molar-refractivity contribution is -0.147. The number of hydrogen-bond donors (Lipinski definition) is 1. The van der Waals surface area contributed by atoms with E-state index in [0.717, 1.165) is 5.75 Å². The molecule has 1 amide bonds. The molecule has 1 atom stereocenters. The summed E-state index contributed by atoms with van der Waals surface area (Å²) in [5, 5.41) is 2.57. The lowest BCUT2D eigenvalue weighted by Gasteiger charge is -2.15. The van der Waals surface area contributed by atoms with Crippen molar-refractivity contribution in [2.24, 2.45) is 0 Å². The van der Waals surface area contributed by atoms with Gasteiger partial charge in [-0.25, -0.2) is 4.79 Å². The molecule has 0 aliphatic carbocycles. The van der Waals surface area contributed by atoms with Gasteiger partial charge in [-0.1, -0.05) is 0 Å². The highest BCUT2D eigenvalue weighted by atomic mass is 32.2. The van der Waals surface area contributed by atoms with E-state index in [1.165, 1.54) is 6.92 Å². The van der Waals surface area contributed by atoms with Crippen LogP contribution in [0.2, 0.25) is 0 Å². The van der Waals surface area contributed by atoms with Crippen LogP contribution in [0.4, 0.5) is 0 Å². The number of hydrogen-bond acceptors (Lipinski definition) is 4. The minimum Gasteiger partial charge on any atom is -0.464 e. The van der Waals surface area contributed by atoms with Crippen molar-refractivity contribution >= 4 is 23.6 Å². The summed E-state index contributed by atoms with van der Waals surface area (Å²) in [4.78, 5) is 22.1. The first-order valence-electron chi connectivity index (χ1n) is 4.54. The fraction of sp³-hybridized carbons (Fsp3) is 0.778. The van der Waals surface area contributed by atoms with Crippen LogP contribution >= 0.6 is 11.8 Å². The molecule has 82 valence electrons. The minimum atomic E-state index is -0.500. The molecular weight excluding hydrogens is 202 g/mol. The molecule has 0 saturated carbocycles. The topological polar surface area (TPSA) is 55.4 Å². The van der Waals surface area contributed by atoms with Crippen LogP contribution in [-0.4, -0.2) is 36.5 Å². The Morgan fingerprint density at radius 2 is 2.14 bits per heavy atom. The first-order valence-corrected chi connectivity index (χ1v) is 5.93. The van der Waals surface area contributed by atoms with Crippen LogP contribution in [-0.2, 0) is 14.3 Å². The van der Waals surface area contributed by atoms with Crippen LogP contribution in [0.3, 0.4) is 0 Å². The predicted octanol–water partition coefficient (Wildman–Crippen LogP) is 0.807. The Morgan fingerprint density at radius 1 is 1.50 bits per heavy atom. The highest BCUT2D eigenvalue weighted by molar-refractivity contribution is 7.98. The highest BCUT2D eigenvalue weighted by Gasteiger charge is 2.19. The molecule has 0 saturated heterocycles. The smallest absolute Gasteiger partial charge is 0.328 e. The normalized spacial score (nSPS) is 11.9. The van der Waals surface area contributed by atoms with Crippen molar-refractivity contribution in [1.82, 2.24) is 5.32 Å². The summed E-state index contributed by atoms with van der Waals surface area (Å²) < 4.78 is 4.84. The van der Waals surface area contributed by atoms with E-state index in [2.05, 4.69) is 5.32 Å². The van der Waals surface area contributed by atoms with Gasteiger partial charge in [0.25, 0.3) is 0 Å². The Kier molecular flexibility index (Phi) is 7.28. The number of carbonyl (C=O) groups excluding carboxylic acids is 2. The van der Waals surface area contributed by atoms with Gasteiger partial charge < -0.3 is 10.1 Å². The molecule has 0 aliphatic heterocycles. The van der Waals surface area contributed by atoms with Gasteiger partial charge in [-0.2, -0.15) is 11.8 Å². The lowest BCUT2D eigenvalue weighted by Crippen LogP contribution is -2.41. The van der Waals surface area contributed by atoms with Crippen LogP contribution in [0.5, 0.6) is 0 Å². The molecule has 4 nitrogen and oxygen atoms in total. The molecule has 0 aromatic rings. The van der Waals surface area contributed by atoms with Gasteiger partial charge in [-0.3, -0.25) is 4.79 Å². The molecule has 0 radical (unpaired) electrons. The third-order valence-corrected chi connectivity index (χ3v) is 2.20. The van der Waals surface area contributed by atoms with E-state index >= 15 is 0 Å². The Morgan fingerprint density at radius 3 is 2.57 bits per heavy atom. The standard InChI is InChI=1S/C9H17NO3S/c1-4-13-9(12)8(5-6-14-3)10-7(2)11/h8H,4-6H2,1-3H3,(H,10,11). The molecular formula is C9H17NO3S. The van der Waals surface area contributed by atoms with E-state index in [0.29, 0.717) is 13.0 Å². The number of amides is 1.